The molecule has 3 heteroatoms. The first-order chi connectivity index (χ1) is 8.51. The standard InChI is InChI=1S/C15H21NO2/c1-14(2)6-10-4-3-5-11(13(10)18-14)12-7-15(12,8-16)9-17/h3-5,12,17H,6-9,16H2,1-2H3. The minimum atomic E-state index is -0.113. The van der Waals surface area contributed by atoms with Crippen molar-refractivity contribution in [2.24, 2.45) is 11.1 Å². The number of nitrogens with two attached hydrogens (primary N) is 1. The highest BCUT2D eigenvalue weighted by atomic mass is 16.5. The Kier molecular flexibility index (Phi) is 2.48. The second-order valence-corrected chi connectivity index (χ2v) is 6.36. The van der Waals surface area contributed by atoms with Gasteiger partial charge in [0.2, 0.25) is 0 Å². The van der Waals surface area contributed by atoms with Crippen molar-refractivity contribution in [1.82, 2.24) is 0 Å². The molecule has 18 heavy (non-hydrogen) atoms. The maximum absolute atomic E-state index is 9.52. The van der Waals surface area contributed by atoms with Gasteiger partial charge in [0.05, 0.1) is 6.61 Å². The summed E-state index contributed by atoms with van der Waals surface area (Å²) in [7, 11) is 0. The summed E-state index contributed by atoms with van der Waals surface area (Å²) in [6, 6.07) is 6.35. The van der Waals surface area contributed by atoms with Crippen molar-refractivity contribution < 1.29 is 9.84 Å². The molecule has 3 rings (SSSR count). The molecule has 3 nitrogen and oxygen atoms in total. The fraction of sp³-hybridized carbons (Fsp3) is 0.600. The largest absolute Gasteiger partial charge is 0.487 e. The lowest BCUT2D eigenvalue weighted by Crippen LogP contribution is -2.25. The van der Waals surface area contributed by atoms with E-state index in [0.717, 1.165) is 18.6 Å². The van der Waals surface area contributed by atoms with Gasteiger partial charge in [-0.25, -0.2) is 0 Å². The van der Waals surface area contributed by atoms with Crippen LogP contribution in [0.15, 0.2) is 18.2 Å². The average Bonchev–Trinajstić information content (AvgIpc) is 2.97. The van der Waals surface area contributed by atoms with Crippen molar-refractivity contribution in [3.05, 3.63) is 29.3 Å². The second-order valence-electron chi connectivity index (χ2n) is 6.36. The normalized spacial score (nSPS) is 31.9. The van der Waals surface area contributed by atoms with E-state index in [1.165, 1.54) is 11.1 Å². The van der Waals surface area contributed by atoms with Gasteiger partial charge in [0.1, 0.15) is 11.4 Å². The zero-order chi connectivity index (χ0) is 13.0. The molecule has 2 atom stereocenters. The van der Waals surface area contributed by atoms with Gasteiger partial charge in [0, 0.05) is 18.4 Å². The average molecular weight is 247 g/mol. The van der Waals surface area contributed by atoms with Gasteiger partial charge >= 0.3 is 0 Å². The Balaban J connectivity index is 1.96. The number of aliphatic hydroxyl groups excluding tert-OH is 1. The second kappa shape index (κ2) is 3.72. The molecule has 0 aromatic heterocycles. The summed E-state index contributed by atoms with van der Waals surface area (Å²) in [4.78, 5) is 0. The van der Waals surface area contributed by atoms with Gasteiger partial charge in [-0.2, -0.15) is 0 Å². The van der Waals surface area contributed by atoms with Crippen LogP contribution < -0.4 is 10.5 Å². The maximum Gasteiger partial charge on any atom is 0.126 e. The fourth-order valence-corrected chi connectivity index (χ4v) is 3.17. The Bertz CT molecular complexity index is 477. The molecule has 0 spiro atoms. The smallest absolute Gasteiger partial charge is 0.126 e. The molecule has 1 fully saturated rings. The summed E-state index contributed by atoms with van der Waals surface area (Å²) in [5, 5.41) is 9.52. The van der Waals surface area contributed by atoms with Crippen LogP contribution in [0.4, 0.5) is 0 Å². The molecule has 0 saturated heterocycles. The van der Waals surface area contributed by atoms with Gasteiger partial charge < -0.3 is 15.6 Å². The molecule has 1 aromatic rings. The van der Waals surface area contributed by atoms with Gasteiger partial charge in [0.15, 0.2) is 0 Å². The van der Waals surface area contributed by atoms with Gasteiger partial charge in [-0.15, -0.1) is 0 Å². The summed E-state index contributed by atoms with van der Waals surface area (Å²) in [6.07, 6.45) is 1.93. The summed E-state index contributed by atoms with van der Waals surface area (Å²) >= 11 is 0. The lowest BCUT2D eigenvalue weighted by atomic mass is 9.96. The van der Waals surface area contributed by atoms with Crippen LogP contribution >= 0.6 is 0 Å². The van der Waals surface area contributed by atoms with Crippen LogP contribution in [0.3, 0.4) is 0 Å². The first-order valence-electron chi connectivity index (χ1n) is 6.63. The summed E-state index contributed by atoms with van der Waals surface area (Å²) in [6.45, 7) is 4.94. The molecule has 0 radical (unpaired) electrons. The molecule has 1 aliphatic carbocycles. The lowest BCUT2D eigenvalue weighted by Gasteiger charge is -2.19. The van der Waals surface area contributed by atoms with E-state index in [-0.39, 0.29) is 17.6 Å². The number of rotatable bonds is 3. The first kappa shape index (κ1) is 12.0. The van der Waals surface area contributed by atoms with Gasteiger partial charge in [-0.05, 0) is 37.3 Å². The molecule has 1 saturated carbocycles. The van der Waals surface area contributed by atoms with Crippen molar-refractivity contribution in [3.63, 3.8) is 0 Å². The molecule has 0 bridgehead atoms. The maximum atomic E-state index is 9.52. The van der Waals surface area contributed by atoms with E-state index in [0.29, 0.717) is 12.5 Å². The first-order valence-corrected chi connectivity index (χ1v) is 6.63. The zero-order valence-corrected chi connectivity index (χ0v) is 11.1. The van der Waals surface area contributed by atoms with Gasteiger partial charge in [0.25, 0.3) is 0 Å². The lowest BCUT2D eigenvalue weighted by molar-refractivity contribution is 0.136. The monoisotopic (exact) mass is 247 g/mol. The van der Waals surface area contributed by atoms with Crippen molar-refractivity contribution in [3.8, 4) is 5.75 Å². The van der Waals surface area contributed by atoms with Crippen molar-refractivity contribution in [2.75, 3.05) is 13.2 Å². The Morgan fingerprint density at radius 2 is 2.22 bits per heavy atom. The molecule has 0 amide bonds. The van der Waals surface area contributed by atoms with E-state index in [1.54, 1.807) is 0 Å². The van der Waals surface area contributed by atoms with Crippen LogP contribution in [0.5, 0.6) is 5.75 Å². The predicted octanol–water partition coefficient (Wildman–Crippen LogP) is 1.82. The number of ether oxygens (including phenoxy) is 1. The molecule has 1 aliphatic heterocycles. The quantitative estimate of drug-likeness (QED) is 0.856. The van der Waals surface area contributed by atoms with E-state index in [1.807, 2.05) is 0 Å². The highest BCUT2D eigenvalue weighted by Gasteiger charge is 2.55. The number of para-hydroxylation sites is 1. The number of benzene rings is 1. The van der Waals surface area contributed by atoms with Crippen LogP contribution in [-0.4, -0.2) is 23.9 Å². The number of hydrogen-bond acceptors (Lipinski definition) is 3. The molecule has 98 valence electrons. The molecule has 2 aliphatic rings. The highest BCUT2D eigenvalue weighted by molar-refractivity contribution is 5.50. The van der Waals surface area contributed by atoms with Crippen LogP contribution in [0.1, 0.15) is 37.3 Å². The summed E-state index contributed by atoms with van der Waals surface area (Å²) in [5.41, 5.74) is 8.10. The van der Waals surface area contributed by atoms with Crippen LogP contribution in [0, 0.1) is 5.41 Å². The zero-order valence-electron chi connectivity index (χ0n) is 11.1. The van der Waals surface area contributed by atoms with Crippen LogP contribution in [-0.2, 0) is 6.42 Å². The van der Waals surface area contributed by atoms with Crippen molar-refractivity contribution in [2.45, 2.75) is 38.2 Å². The van der Waals surface area contributed by atoms with Crippen LogP contribution in [0.25, 0.3) is 0 Å². The van der Waals surface area contributed by atoms with Gasteiger partial charge in [-0.1, -0.05) is 18.2 Å². The third kappa shape index (κ3) is 1.65. The molecular weight excluding hydrogens is 226 g/mol. The number of aliphatic hydroxyl groups is 1. The third-order valence-corrected chi connectivity index (χ3v) is 4.41. The summed E-state index contributed by atoms with van der Waals surface area (Å²) < 4.78 is 6.09. The minimum absolute atomic E-state index is 0.106. The molecule has 2 unspecified atom stereocenters. The van der Waals surface area contributed by atoms with E-state index in [2.05, 4.69) is 32.0 Å². The van der Waals surface area contributed by atoms with E-state index < -0.39 is 0 Å². The Labute approximate surface area is 108 Å². The molecular formula is C15H21NO2. The van der Waals surface area contributed by atoms with E-state index in [4.69, 9.17) is 10.5 Å². The number of hydrogen-bond donors (Lipinski definition) is 2. The van der Waals surface area contributed by atoms with E-state index >= 15 is 0 Å². The number of fused-ring (bicyclic) bond motifs is 1. The minimum Gasteiger partial charge on any atom is -0.487 e. The Morgan fingerprint density at radius 1 is 1.44 bits per heavy atom. The van der Waals surface area contributed by atoms with Gasteiger partial charge in [-0.3, -0.25) is 0 Å². The Morgan fingerprint density at radius 3 is 2.83 bits per heavy atom. The van der Waals surface area contributed by atoms with Crippen LogP contribution in [0.2, 0.25) is 0 Å². The third-order valence-electron chi connectivity index (χ3n) is 4.41. The Hall–Kier alpha value is -1.06. The fourth-order valence-electron chi connectivity index (χ4n) is 3.17. The highest BCUT2D eigenvalue weighted by Crippen LogP contribution is 2.61. The predicted molar refractivity (Wildman–Crippen MR) is 70.8 cm³/mol. The molecule has 1 aromatic carbocycles. The van der Waals surface area contributed by atoms with E-state index in [9.17, 15) is 5.11 Å². The summed E-state index contributed by atoms with van der Waals surface area (Å²) in [5.74, 6) is 1.40. The van der Waals surface area contributed by atoms with Crippen molar-refractivity contribution >= 4 is 0 Å². The SMILES string of the molecule is CC1(C)Cc2cccc(C3CC3(CN)CO)c2O1. The molecule has 1 heterocycles. The topological polar surface area (TPSA) is 55.5 Å². The van der Waals surface area contributed by atoms with Crippen molar-refractivity contribution in [1.29, 1.82) is 0 Å². The molecule has 3 N–H and O–H groups in total.